The molecule has 0 aliphatic carbocycles. The number of methoxy groups -OCH3 is 1. The zero-order chi connectivity index (χ0) is 25.2. The Bertz CT molecular complexity index is 1430. The van der Waals surface area contributed by atoms with Gasteiger partial charge in [-0.1, -0.05) is 0 Å². The van der Waals surface area contributed by atoms with Gasteiger partial charge in [-0.3, -0.25) is 19.2 Å². The van der Waals surface area contributed by atoms with Crippen molar-refractivity contribution in [3.63, 3.8) is 0 Å². The summed E-state index contributed by atoms with van der Waals surface area (Å²) in [6, 6.07) is 4.86. The first-order valence-corrected chi connectivity index (χ1v) is 11.4. The first-order chi connectivity index (χ1) is 17.4. The number of rotatable bonds is 7. The minimum absolute atomic E-state index is 0.119. The van der Waals surface area contributed by atoms with E-state index < -0.39 is 11.9 Å². The topological polar surface area (TPSA) is 130 Å². The van der Waals surface area contributed by atoms with Gasteiger partial charge in [0, 0.05) is 50.6 Å². The van der Waals surface area contributed by atoms with Gasteiger partial charge in [0.2, 0.25) is 11.9 Å². The van der Waals surface area contributed by atoms with Crippen molar-refractivity contribution in [3.05, 3.63) is 54.5 Å². The third-order valence-corrected chi connectivity index (χ3v) is 6.05. The number of pyridine rings is 2. The maximum atomic E-state index is 14.3. The van der Waals surface area contributed by atoms with E-state index in [0.29, 0.717) is 12.2 Å². The van der Waals surface area contributed by atoms with Gasteiger partial charge in [-0.15, -0.1) is 0 Å². The van der Waals surface area contributed by atoms with Crippen LogP contribution in [0.4, 0.5) is 15.8 Å². The van der Waals surface area contributed by atoms with E-state index >= 15 is 0 Å². The Morgan fingerprint density at radius 1 is 1.19 bits per heavy atom. The zero-order valence-electron chi connectivity index (χ0n) is 19.8. The van der Waals surface area contributed by atoms with Gasteiger partial charge in [-0.25, -0.2) is 9.97 Å². The van der Waals surface area contributed by atoms with Crippen LogP contribution in [0.2, 0.25) is 0 Å². The van der Waals surface area contributed by atoms with Gasteiger partial charge in [-0.2, -0.15) is 9.49 Å². The van der Waals surface area contributed by atoms with Crippen molar-refractivity contribution in [2.75, 3.05) is 37.4 Å². The molecule has 11 nitrogen and oxygen atoms in total. The highest BCUT2D eigenvalue weighted by molar-refractivity contribution is 6.06. The molecule has 0 spiro atoms. The quantitative estimate of drug-likeness (QED) is 0.338. The number of amides is 2. The van der Waals surface area contributed by atoms with E-state index in [-0.39, 0.29) is 35.5 Å². The first-order valence-electron chi connectivity index (χ1n) is 11.4. The molecule has 12 heteroatoms. The van der Waals surface area contributed by atoms with E-state index in [1.165, 1.54) is 18.5 Å². The fraction of sp³-hybridized carbons (Fsp3) is 0.292. The fourth-order valence-electron chi connectivity index (χ4n) is 4.19. The first kappa shape index (κ1) is 23.6. The monoisotopic (exact) mass is 492 g/mol. The molecule has 1 saturated heterocycles. The number of aromatic amines is 1. The van der Waals surface area contributed by atoms with Gasteiger partial charge < -0.3 is 20.4 Å². The molecule has 3 N–H and O–H groups in total. The molecule has 0 bridgehead atoms. The van der Waals surface area contributed by atoms with Crippen LogP contribution in [0, 0.1) is 5.95 Å². The van der Waals surface area contributed by atoms with E-state index in [1.54, 1.807) is 24.1 Å². The van der Waals surface area contributed by atoms with Crippen molar-refractivity contribution in [2.24, 2.45) is 7.05 Å². The summed E-state index contributed by atoms with van der Waals surface area (Å²) in [7, 11) is 3.48. The van der Waals surface area contributed by atoms with Crippen molar-refractivity contribution >= 4 is 34.2 Å². The number of anilines is 2. The van der Waals surface area contributed by atoms with Crippen LogP contribution >= 0.6 is 0 Å². The second-order valence-corrected chi connectivity index (χ2v) is 8.69. The average molecular weight is 493 g/mol. The van der Waals surface area contributed by atoms with Gasteiger partial charge in [0.1, 0.15) is 5.65 Å². The number of carbonyl (C=O) groups is 2. The van der Waals surface area contributed by atoms with Crippen molar-refractivity contribution in [3.8, 4) is 11.3 Å². The van der Waals surface area contributed by atoms with Crippen LogP contribution < -0.4 is 10.6 Å². The number of halogens is 1. The maximum absolute atomic E-state index is 14.3. The smallest absolute Gasteiger partial charge is 0.257 e. The number of H-pyrrole nitrogens is 1. The number of nitrogens with one attached hydrogen (secondary N) is 3. The van der Waals surface area contributed by atoms with Gasteiger partial charge in [0.05, 0.1) is 47.7 Å². The summed E-state index contributed by atoms with van der Waals surface area (Å²) in [5.74, 6) is -1.68. The second kappa shape index (κ2) is 9.84. The molecular formula is C24H25FN8O3. The van der Waals surface area contributed by atoms with E-state index in [2.05, 4.69) is 30.7 Å². The van der Waals surface area contributed by atoms with Crippen LogP contribution in [-0.2, 0) is 16.6 Å². The van der Waals surface area contributed by atoms with Gasteiger partial charge in [0.15, 0.2) is 0 Å². The van der Waals surface area contributed by atoms with Crippen molar-refractivity contribution < 1.29 is 18.7 Å². The molecule has 5 heterocycles. The molecule has 4 aromatic rings. The zero-order valence-corrected chi connectivity index (χ0v) is 19.8. The highest BCUT2D eigenvalue weighted by Crippen LogP contribution is 2.24. The van der Waals surface area contributed by atoms with E-state index in [1.807, 2.05) is 24.2 Å². The molecule has 36 heavy (non-hydrogen) atoms. The molecule has 4 aromatic heterocycles. The lowest BCUT2D eigenvalue weighted by Crippen LogP contribution is -2.32. The molecule has 0 aromatic carbocycles. The van der Waals surface area contributed by atoms with Gasteiger partial charge in [-0.05, 0) is 24.6 Å². The minimum Gasteiger partial charge on any atom is -0.380 e. The highest BCUT2D eigenvalue weighted by atomic mass is 19.1. The standard InChI is InChI=1S/C24H25FN8O3/c1-32-11-16(9-28-32)19-6-14-5-15(8-27-23(14)30-19)24(35)31-20-7-17(10-26-22(20)25)29-21(34)13-33-4-3-18(12-33)36-2/h5-11,18H,3-4,12-13H2,1-2H3,(H,27,30)(H,29,34)(H,31,35)/t18-/m1/s1. The van der Waals surface area contributed by atoms with Crippen LogP contribution in [0.1, 0.15) is 16.8 Å². The third kappa shape index (κ3) is 5.09. The predicted molar refractivity (Wildman–Crippen MR) is 131 cm³/mol. The maximum Gasteiger partial charge on any atom is 0.257 e. The molecule has 0 unspecified atom stereocenters. The number of nitrogens with zero attached hydrogens (tertiary/aromatic N) is 5. The van der Waals surface area contributed by atoms with Crippen LogP contribution in [0.25, 0.3) is 22.3 Å². The Labute approximate surface area is 205 Å². The largest absolute Gasteiger partial charge is 0.380 e. The van der Waals surface area contributed by atoms with E-state index in [0.717, 1.165) is 29.6 Å². The molecule has 0 saturated carbocycles. The predicted octanol–water partition coefficient (Wildman–Crippen LogP) is 2.41. The molecular weight excluding hydrogens is 467 g/mol. The normalized spacial score (nSPS) is 15.9. The highest BCUT2D eigenvalue weighted by Gasteiger charge is 2.24. The number of fused-ring (bicyclic) bond motifs is 1. The van der Waals surface area contributed by atoms with Crippen molar-refractivity contribution in [2.45, 2.75) is 12.5 Å². The Balaban J connectivity index is 1.26. The fourth-order valence-corrected chi connectivity index (χ4v) is 4.19. The molecule has 0 radical (unpaired) electrons. The lowest BCUT2D eigenvalue weighted by Gasteiger charge is -2.15. The lowest BCUT2D eigenvalue weighted by atomic mass is 10.2. The minimum atomic E-state index is -0.863. The molecule has 5 rings (SSSR count). The van der Waals surface area contributed by atoms with Crippen molar-refractivity contribution in [1.82, 2.24) is 29.6 Å². The number of carbonyl (C=O) groups excluding carboxylic acids is 2. The Morgan fingerprint density at radius 2 is 2.06 bits per heavy atom. The summed E-state index contributed by atoms with van der Waals surface area (Å²) in [5, 5.41) is 10.1. The van der Waals surface area contributed by atoms with Crippen LogP contribution in [-0.4, -0.2) is 74.3 Å². The SMILES string of the molecule is CO[C@@H]1CCN(CC(=O)Nc2cnc(F)c(NC(=O)c3cnc4[nH]c(-c5cnn(C)c5)cc4c3)c2)C1. The summed E-state index contributed by atoms with van der Waals surface area (Å²) in [5.41, 5.74) is 2.68. The van der Waals surface area contributed by atoms with Crippen LogP contribution in [0.15, 0.2) is 43.0 Å². The number of hydrogen-bond acceptors (Lipinski definition) is 7. The van der Waals surface area contributed by atoms with Gasteiger partial charge >= 0.3 is 0 Å². The summed E-state index contributed by atoms with van der Waals surface area (Å²) in [6.45, 7) is 1.62. The van der Waals surface area contributed by atoms with E-state index in [4.69, 9.17) is 4.74 Å². The summed E-state index contributed by atoms with van der Waals surface area (Å²) in [6.07, 6.45) is 7.18. The lowest BCUT2D eigenvalue weighted by molar-refractivity contribution is -0.117. The Morgan fingerprint density at radius 3 is 2.81 bits per heavy atom. The van der Waals surface area contributed by atoms with Crippen LogP contribution in [0.5, 0.6) is 0 Å². The average Bonchev–Trinajstić information content (AvgIpc) is 3.59. The molecule has 1 aliphatic heterocycles. The number of aromatic nitrogens is 5. The molecule has 1 aliphatic rings. The second-order valence-electron chi connectivity index (χ2n) is 8.69. The summed E-state index contributed by atoms with van der Waals surface area (Å²) >= 11 is 0. The molecule has 186 valence electrons. The van der Waals surface area contributed by atoms with Crippen LogP contribution in [0.3, 0.4) is 0 Å². The summed E-state index contributed by atoms with van der Waals surface area (Å²) in [4.78, 5) is 38.4. The van der Waals surface area contributed by atoms with Crippen molar-refractivity contribution in [1.29, 1.82) is 0 Å². The number of hydrogen-bond donors (Lipinski definition) is 3. The number of aryl methyl sites for hydroxylation is 1. The third-order valence-electron chi connectivity index (χ3n) is 6.05. The molecule has 1 atom stereocenters. The Hall–Kier alpha value is -4.16. The molecule has 1 fully saturated rings. The molecule has 2 amide bonds. The number of ether oxygens (including phenoxy) is 1. The summed E-state index contributed by atoms with van der Waals surface area (Å²) < 4.78 is 21.4. The van der Waals surface area contributed by atoms with E-state index in [9.17, 15) is 14.0 Å². The van der Waals surface area contributed by atoms with Gasteiger partial charge in [0.25, 0.3) is 5.91 Å². The number of likely N-dealkylation sites (tertiary alicyclic amines) is 1. The Kier molecular flexibility index (Phi) is 6.44.